The quantitative estimate of drug-likeness (QED) is 0.746. The summed E-state index contributed by atoms with van der Waals surface area (Å²) in [5.41, 5.74) is 0.113. The fourth-order valence-corrected chi connectivity index (χ4v) is 2.81. The Morgan fingerprint density at radius 2 is 1.89 bits per heavy atom. The molecule has 1 aromatic carbocycles. The number of para-hydroxylation sites is 1. The maximum atomic E-state index is 12.3. The summed E-state index contributed by atoms with van der Waals surface area (Å²) in [6.07, 6.45) is 0. The lowest BCUT2D eigenvalue weighted by Gasteiger charge is -2.26. The summed E-state index contributed by atoms with van der Waals surface area (Å²) in [6, 6.07) is 6.37. The van der Waals surface area contributed by atoms with Gasteiger partial charge in [-0.15, -0.1) is 0 Å². The number of hydrogen-bond acceptors (Lipinski definition) is 7. The van der Waals surface area contributed by atoms with E-state index in [9.17, 15) is 19.2 Å². The molecule has 0 bridgehead atoms. The van der Waals surface area contributed by atoms with E-state index in [4.69, 9.17) is 13.9 Å². The summed E-state index contributed by atoms with van der Waals surface area (Å²) < 4.78 is 15.5. The first kappa shape index (κ1) is 19.2. The second kappa shape index (κ2) is 7.95. The predicted molar refractivity (Wildman–Crippen MR) is 97.6 cm³/mol. The van der Waals surface area contributed by atoms with Gasteiger partial charge >= 0.3 is 18.0 Å². The average Bonchev–Trinajstić information content (AvgIpc) is 2.65. The number of rotatable bonds is 5. The van der Waals surface area contributed by atoms with Gasteiger partial charge in [0.1, 0.15) is 12.2 Å². The topological polar surface area (TPSA) is 124 Å². The minimum absolute atomic E-state index is 0.103. The second-order valence-corrected chi connectivity index (χ2v) is 5.98. The summed E-state index contributed by atoms with van der Waals surface area (Å²) >= 11 is 0. The number of urea groups is 1. The Morgan fingerprint density at radius 1 is 1.14 bits per heavy atom. The number of fused-ring (bicyclic) bond motifs is 1. The largest absolute Gasteiger partial charge is 0.463 e. The van der Waals surface area contributed by atoms with Crippen molar-refractivity contribution in [1.29, 1.82) is 0 Å². The maximum Gasteiger partial charge on any atom is 0.374 e. The van der Waals surface area contributed by atoms with E-state index in [2.05, 4.69) is 10.6 Å². The number of carbonyl (C=O) groups excluding carboxylic acids is 3. The molecule has 0 spiro atoms. The first-order valence-electron chi connectivity index (χ1n) is 8.58. The van der Waals surface area contributed by atoms with Crippen molar-refractivity contribution in [1.82, 2.24) is 10.6 Å². The molecule has 1 atom stereocenters. The molecule has 2 amide bonds. The lowest BCUT2D eigenvalue weighted by molar-refractivity contribution is -0.139. The van der Waals surface area contributed by atoms with Crippen LogP contribution in [0.4, 0.5) is 4.79 Å². The number of nitrogens with one attached hydrogen (secondary N) is 2. The highest BCUT2D eigenvalue weighted by Crippen LogP contribution is 2.16. The van der Waals surface area contributed by atoms with Crippen LogP contribution in [0.3, 0.4) is 0 Å². The van der Waals surface area contributed by atoms with E-state index >= 15 is 0 Å². The zero-order valence-electron chi connectivity index (χ0n) is 15.2. The van der Waals surface area contributed by atoms with E-state index in [0.29, 0.717) is 5.39 Å². The van der Waals surface area contributed by atoms with Gasteiger partial charge in [0.25, 0.3) is 0 Å². The summed E-state index contributed by atoms with van der Waals surface area (Å²) in [5, 5.41) is 5.32. The SMILES string of the molecule is CCOC(=O)C1=C(COC(=O)c2cc(=O)c3ccccc3o2)NC(=O)NC1C. The van der Waals surface area contributed by atoms with Gasteiger partial charge in [-0.25, -0.2) is 14.4 Å². The third kappa shape index (κ3) is 3.88. The fraction of sp³-hybridized carbons (Fsp3) is 0.263. The van der Waals surface area contributed by atoms with Crippen molar-refractivity contribution in [3.63, 3.8) is 0 Å². The maximum absolute atomic E-state index is 12.3. The van der Waals surface area contributed by atoms with Crippen LogP contribution < -0.4 is 16.1 Å². The number of carbonyl (C=O) groups is 3. The van der Waals surface area contributed by atoms with Crippen LogP contribution in [0, 0.1) is 0 Å². The highest BCUT2D eigenvalue weighted by Gasteiger charge is 2.30. The molecule has 0 fully saturated rings. The summed E-state index contributed by atoms with van der Waals surface area (Å²) in [7, 11) is 0. The lowest BCUT2D eigenvalue weighted by Crippen LogP contribution is -2.50. The van der Waals surface area contributed by atoms with Crippen molar-refractivity contribution in [2.24, 2.45) is 0 Å². The average molecular weight is 386 g/mol. The van der Waals surface area contributed by atoms with Crippen molar-refractivity contribution in [2.75, 3.05) is 13.2 Å². The third-order valence-electron chi connectivity index (χ3n) is 4.05. The normalized spacial score (nSPS) is 16.4. The van der Waals surface area contributed by atoms with Crippen LogP contribution in [0.2, 0.25) is 0 Å². The van der Waals surface area contributed by atoms with Crippen molar-refractivity contribution in [3.05, 3.63) is 57.6 Å². The van der Waals surface area contributed by atoms with Crippen LogP contribution in [0.25, 0.3) is 11.0 Å². The van der Waals surface area contributed by atoms with Gasteiger partial charge in [0.15, 0.2) is 5.43 Å². The smallest absolute Gasteiger partial charge is 0.374 e. The highest BCUT2D eigenvalue weighted by atomic mass is 16.5. The molecule has 146 valence electrons. The highest BCUT2D eigenvalue weighted by molar-refractivity contribution is 5.95. The molecule has 0 saturated heterocycles. The van der Waals surface area contributed by atoms with E-state index in [1.807, 2.05) is 0 Å². The van der Waals surface area contributed by atoms with Crippen LogP contribution >= 0.6 is 0 Å². The Balaban J connectivity index is 1.84. The Labute approximate surface area is 159 Å². The predicted octanol–water partition coefficient (Wildman–Crippen LogP) is 1.47. The molecule has 1 aromatic heterocycles. The fourth-order valence-electron chi connectivity index (χ4n) is 2.81. The summed E-state index contributed by atoms with van der Waals surface area (Å²) in [6.45, 7) is 3.01. The minimum Gasteiger partial charge on any atom is -0.463 e. The lowest BCUT2D eigenvalue weighted by atomic mass is 10.0. The van der Waals surface area contributed by atoms with Gasteiger partial charge in [-0.1, -0.05) is 12.1 Å². The van der Waals surface area contributed by atoms with Crippen LogP contribution in [-0.4, -0.2) is 37.2 Å². The number of benzene rings is 1. The van der Waals surface area contributed by atoms with E-state index in [0.717, 1.165) is 6.07 Å². The number of ether oxygens (including phenoxy) is 2. The van der Waals surface area contributed by atoms with Gasteiger partial charge in [0.2, 0.25) is 5.76 Å². The molecule has 3 rings (SSSR count). The van der Waals surface area contributed by atoms with Gasteiger partial charge in [-0.05, 0) is 26.0 Å². The molecule has 2 heterocycles. The standard InChI is InChI=1S/C19H18N2O7/c1-3-26-18(24)16-10(2)20-19(25)21-12(16)9-27-17(23)15-8-13(22)11-6-4-5-7-14(11)28-15/h4-8,10H,3,9H2,1-2H3,(H2,20,21,25). The number of amides is 2. The van der Waals surface area contributed by atoms with E-state index in [1.165, 1.54) is 0 Å². The molecular weight excluding hydrogens is 368 g/mol. The molecule has 2 aromatic rings. The van der Waals surface area contributed by atoms with E-state index in [-0.39, 0.29) is 34.6 Å². The first-order valence-corrected chi connectivity index (χ1v) is 8.58. The van der Waals surface area contributed by atoms with E-state index in [1.54, 1.807) is 38.1 Å². The van der Waals surface area contributed by atoms with E-state index < -0.39 is 30.6 Å². The van der Waals surface area contributed by atoms with Gasteiger partial charge in [0, 0.05) is 6.07 Å². The van der Waals surface area contributed by atoms with Crippen LogP contribution in [-0.2, 0) is 14.3 Å². The van der Waals surface area contributed by atoms with Crippen molar-refractivity contribution < 1.29 is 28.3 Å². The molecule has 9 heteroatoms. The molecule has 2 N–H and O–H groups in total. The first-order chi connectivity index (χ1) is 13.4. The summed E-state index contributed by atoms with van der Waals surface area (Å²) in [5.74, 6) is -1.82. The molecule has 28 heavy (non-hydrogen) atoms. The molecule has 9 nitrogen and oxygen atoms in total. The van der Waals surface area contributed by atoms with Gasteiger partial charge in [0.05, 0.1) is 29.3 Å². The number of esters is 2. The molecule has 0 saturated carbocycles. The zero-order chi connectivity index (χ0) is 20.3. The number of hydrogen-bond donors (Lipinski definition) is 2. The summed E-state index contributed by atoms with van der Waals surface area (Å²) in [4.78, 5) is 48.3. The Bertz CT molecular complexity index is 1040. The van der Waals surface area contributed by atoms with Crippen LogP contribution in [0.1, 0.15) is 24.4 Å². The van der Waals surface area contributed by atoms with Gasteiger partial charge in [-0.2, -0.15) is 0 Å². The Morgan fingerprint density at radius 3 is 2.64 bits per heavy atom. The second-order valence-electron chi connectivity index (χ2n) is 5.98. The minimum atomic E-state index is -0.904. The van der Waals surface area contributed by atoms with Crippen LogP contribution in [0.5, 0.6) is 0 Å². The molecule has 0 aliphatic carbocycles. The van der Waals surface area contributed by atoms with Crippen LogP contribution in [0.15, 0.2) is 50.8 Å². The molecule has 1 aliphatic rings. The van der Waals surface area contributed by atoms with Crippen molar-refractivity contribution in [2.45, 2.75) is 19.9 Å². The molecule has 0 radical (unpaired) electrons. The molecule has 1 unspecified atom stereocenters. The van der Waals surface area contributed by atoms with Gasteiger partial charge in [-0.3, -0.25) is 4.79 Å². The van der Waals surface area contributed by atoms with Crippen molar-refractivity contribution in [3.8, 4) is 0 Å². The Hall–Kier alpha value is -3.62. The van der Waals surface area contributed by atoms with Crippen molar-refractivity contribution >= 4 is 28.9 Å². The monoisotopic (exact) mass is 386 g/mol. The zero-order valence-corrected chi connectivity index (χ0v) is 15.2. The third-order valence-corrected chi connectivity index (χ3v) is 4.05. The Kier molecular flexibility index (Phi) is 5.44. The molecule has 1 aliphatic heterocycles. The van der Waals surface area contributed by atoms with Gasteiger partial charge < -0.3 is 24.5 Å². The molecular formula is C19H18N2O7.